The van der Waals surface area contributed by atoms with Gasteiger partial charge in [-0.15, -0.1) is 0 Å². The van der Waals surface area contributed by atoms with Gasteiger partial charge in [0.25, 0.3) is 0 Å². The average Bonchev–Trinajstić information content (AvgIpc) is 2.96. The van der Waals surface area contributed by atoms with E-state index in [1.807, 2.05) is 0 Å². The van der Waals surface area contributed by atoms with Crippen LogP contribution in [-0.2, 0) is 16.6 Å². The molecule has 0 saturated heterocycles. The van der Waals surface area contributed by atoms with Gasteiger partial charge in [0, 0.05) is 19.3 Å². The highest BCUT2D eigenvalue weighted by Gasteiger charge is 2.23. The number of hydrogen-bond acceptors (Lipinski definition) is 4. The molecule has 120 valence electrons. The predicted octanol–water partition coefficient (Wildman–Crippen LogP) is 1.34. The van der Waals surface area contributed by atoms with E-state index in [0.717, 1.165) is 18.8 Å². The van der Waals surface area contributed by atoms with Gasteiger partial charge in [-0.25, -0.2) is 13.1 Å². The van der Waals surface area contributed by atoms with Crippen molar-refractivity contribution in [3.63, 3.8) is 0 Å². The lowest BCUT2D eigenvalue weighted by molar-refractivity contribution is 0.270. The number of nitrogens with zero attached hydrogens (tertiary/aromatic N) is 2. The second-order valence-electron chi connectivity index (χ2n) is 5.87. The lowest BCUT2D eigenvalue weighted by Gasteiger charge is -2.27. The number of rotatable bonds is 7. The van der Waals surface area contributed by atoms with Gasteiger partial charge >= 0.3 is 0 Å². The van der Waals surface area contributed by atoms with Crippen LogP contribution in [0.25, 0.3) is 0 Å². The fourth-order valence-corrected chi connectivity index (χ4v) is 3.96. The van der Waals surface area contributed by atoms with E-state index in [-0.39, 0.29) is 4.90 Å². The van der Waals surface area contributed by atoms with Gasteiger partial charge in [0.1, 0.15) is 4.90 Å². The number of hydrogen-bond donors (Lipinski definition) is 2. The van der Waals surface area contributed by atoms with Crippen LogP contribution in [0.4, 0.5) is 0 Å². The van der Waals surface area contributed by atoms with Crippen LogP contribution in [0.15, 0.2) is 17.3 Å². The van der Waals surface area contributed by atoms with Crippen molar-refractivity contribution in [2.45, 2.75) is 50.5 Å². The Balaban J connectivity index is 1.86. The molecule has 1 aromatic heterocycles. The molecule has 0 spiro atoms. The molecule has 1 aliphatic carbocycles. The van der Waals surface area contributed by atoms with E-state index < -0.39 is 10.0 Å². The summed E-state index contributed by atoms with van der Waals surface area (Å²) in [6.07, 6.45) is 8.82. The van der Waals surface area contributed by atoms with E-state index in [1.54, 1.807) is 4.68 Å². The average molecular weight is 314 g/mol. The third kappa shape index (κ3) is 4.52. The Morgan fingerprint density at radius 2 is 2.00 bits per heavy atom. The van der Waals surface area contributed by atoms with Crippen LogP contribution >= 0.6 is 0 Å². The van der Waals surface area contributed by atoms with Crippen LogP contribution in [0.1, 0.15) is 39.0 Å². The molecular formula is C14H26N4O2S. The van der Waals surface area contributed by atoms with Crippen molar-refractivity contribution in [3.8, 4) is 0 Å². The Morgan fingerprint density at radius 1 is 1.33 bits per heavy atom. The Kier molecular flexibility index (Phi) is 5.78. The molecule has 0 unspecified atom stereocenters. The number of nitrogens with one attached hydrogen (secondary N) is 1. The molecule has 1 heterocycles. The minimum atomic E-state index is -3.45. The number of nitrogens with two attached hydrogens (primary N) is 1. The molecule has 0 aliphatic heterocycles. The lowest BCUT2D eigenvalue weighted by atomic mass is 9.81. The molecule has 0 aromatic carbocycles. The maximum absolute atomic E-state index is 12.2. The van der Waals surface area contributed by atoms with Gasteiger partial charge in [-0.3, -0.25) is 4.68 Å². The van der Waals surface area contributed by atoms with Gasteiger partial charge in [-0.1, -0.05) is 26.2 Å². The molecule has 1 fully saturated rings. The molecule has 0 atom stereocenters. The highest BCUT2D eigenvalue weighted by Crippen LogP contribution is 2.30. The SMILES string of the molecule is CCC1CCC(CNS(=O)(=O)c2cnn(CCN)c2)CC1. The first-order valence-electron chi connectivity index (χ1n) is 7.77. The monoisotopic (exact) mass is 314 g/mol. The van der Waals surface area contributed by atoms with Crippen molar-refractivity contribution in [3.05, 3.63) is 12.4 Å². The van der Waals surface area contributed by atoms with Gasteiger partial charge in [0.05, 0.1) is 12.7 Å². The van der Waals surface area contributed by atoms with Crippen LogP contribution in [-0.4, -0.2) is 31.3 Å². The topological polar surface area (TPSA) is 90.0 Å². The first kappa shape index (κ1) is 16.5. The lowest BCUT2D eigenvalue weighted by Crippen LogP contribution is -2.31. The van der Waals surface area contributed by atoms with E-state index in [9.17, 15) is 8.42 Å². The zero-order valence-corrected chi connectivity index (χ0v) is 13.5. The first-order valence-corrected chi connectivity index (χ1v) is 9.25. The maximum atomic E-state index is 12.2. The normalized spacial score (nSPS) is 23.3. The summed E-state index contributed by atoms with van der Waals surface area (Å²) in [6.45, 7) is 3.72. The van der Waals surface area contributed by atoms with Crippen molar-refractivity contribution in [2.75, 3.05) is 13.1 Å². The molecule has 1 saturated carbocycles. The summed E-state index contributed by atoms with van der Waals surface area (Å²) in [5.41, 5.74) is 5.43. The van der Waals surface area contributed by atoms with Crippen LogP contribution in [0.5, 0.6) is 0 Å². The van der Waals surface area contributed by atoms with Crippen molar-refractivity contribution in [1.29, 1.82) is 0 Å². The molecule has 6 nitrogen and oxygen atoms in total. The van der Waals surface area contributed by atoms with Crippen molar-refractivity contribution in [2.24, 2.45) is 17.6 Å². The van der Waals surface area contributed by atoms with Gasteiger partial charge in [-0.05, 0) is 24.7 Å². The molecule has 3 N–H and O–H groups in total. The van der Waals surface area contributed by atoms with Gasteiger partial charge in [0.15, 0.2) is 0 Å². The van der Waals surface area contributed by atoms with E-state index in [0.29, 0.717) is 25.6 Å². The minimum absolute atomic E-state index is 0.221. The van der Waals surface area contributed by atoms with Crippen LogP contribution in [0.2, 0.25) is 0 Å². The summed E-state index contributed by atoms with van der Waals surface area (Å²) in [5, 5.41) is 4.01. The summed E-state index contributed by atoms with van der Waals surface area (Å²) in [5.74, 6) is 1.29. The Labute approximate surface area is 127 Å². The molecule has 0 amide bonds. The fourth-order valence-electron chi connectivity index (χ4n) is 2.89. The standard InChI is InChI=1S/C14H26N4O2S/c1-2-12-3-5-13(6-4-12)9-17-21(19,20)14-10-16-18(11-14)8-7-15/h10-13,17H,2-9,15H2,1H3. The molecule has 1 aliphatic rings. The molecule has 0 radical (unpaired) electrons. The minimum Gasteiger partial charge on any atom is -0.329 e. The van der Waals surface area contributed by atoms with Crippen molar-refractivity contribution < 1.29 is 8.42 Å². The third-order valence-electron chi connectivity index (χ3n) is 4.38. The van der Waals surface area contributed by atoms with Crippen LogP contribution in [0.3, 0.4) is 0 Å². The van der Waals surface area contributed by atoms with E-state index in [2.05, 4.69) is 16.7 Å². The first-order chi connectivity index (χ1) is 10.0. The predicted molar refractivity (Wildman–Crippen MR) is 82.2 cm³/mol. The molecule has 7 heteroatoms. The zero-order chi connectivity index (χ0) is 15.3. The van der Waals surface area contributed by atoms with Gasteiger partial charge < -0.3 is 5.73 Å². The summed E-state index contributed by atoms with van der Waals surface area (Å²) >= 11 is 0. The molecular weight excluding hydrogens is 288 g/mol. The smallest absolute Gasteiger partial charge is 0.243 e. The molecule has 21 heavy (non-hydrogen) atoms. The van der Waals surface area contributed by atoms with E-state index in [4.69, 9.17) is 5.73 Å². The van der Waals surface area contributed by atoms with Crippen LogP contribution in [0, 0.1) is 11.8 Å². The van der Waals surface area contributed by atoms with Gasteiger partial charge in [-0.2, -0.15) is 5.10 Å². The van der Waals surface area contributed by atoms with E-state index >= 15 is 0 Å². The molecule has 2 rings (SSSR count). The fraction of sp³-hybridized carbons (Fsp3) is 0.786. The summed E-state index contributed by atoms with van der Waals surface area (Å²) < 4.78 is 28.7. The quantitative estimate of drug-likeness (QED) is 0.794. The third-order valence-corrected chi connectivity index (χ3v) is 5.76. The Hall–Kier alpha value is -0.920. The highest BCUT2D eigenvalue weighted by atomic mass is 32.2. The maximum Gasteiger partial charge on any atom is 0.243 e. The number of aromatic nitrogens is 2. The largest absolute Gasteiger partial charge is 0.329 e. The van der Waals surface area contributed by atoms with Crippen molar-refractivity contribution in [1.82, 2.24) is 14.5 Å². The number of sulfonamides is 1. The summed E-state index contributed by atoms with van der Waals surface area (Å²) in [7, 11) is -3.45. The van der Waals surface area contributed by atoms with Gasteiger partial charge in [0.2, 0.25) is 10.0 Å². The highest BCUT2D eigenvalue weighted by molar-refractivity contribution is 7.89. The molecule has 1 aromatic rings. The Morgan fingerprint density at radius 3 is 2.62 bits per heavy atom. The van der Waals surface area contributed by atoms with Crippen LogP contribution < -0.4 is 10.5 Å². The zero-order valence-electron chi connectivity index (χ0n) is 12.7. The summed E-state index contributed by atoms with van der Waals surface area (Å²) in [6, 6.07) is 0. The van der Waals surface area contributed by atoms with E-state index in [1.165, 1.54) is 31.7 Å². The second kappa shape index (κ2) is 7.38. The Bertz CT molecular complexity index is 533. The molecule has 0 bridgehead atoms. The summed E-state index contributed by atoms with van der Waals surface area (Å²) in [4.78, 5) is 0.221. The van der Waals surface area contributed by atoms with Crippen molar-refractivity contribution >= 4 is 10.0 Å². The second-order valence-corrected chi connectivity index (χ2v) is 7.64.